The van der Waals surface area contributed by atoms with Gasteiger partial charge in [-0.15, -0.1) is 0 Å². The first-order chi connectivity index (χ1) is 8.15. The predicted octanol–water partition coefficient (Wildman–Crippen LogP) is 1.92. The van der Waals surface area contributed by atoms with Crippen LogP contribution < -0.4 is 10.6 Å². The highest BCUT2D eigenvalue weighted by Gasteiger charge is 2.23. The van der Waals surface area contributed by atoms with Gasteiger partial charge in [-0.05, 0) is 31.9 Å². The zero-order valence-electron chi connectivity index (χ0n) is 11.1. The van der Waals surface area contributed by atoms with Crippen LogP contribution in [0.5, 0.6) is 0 Å². The Balaban J connectivity index is 3.01. The Hall–Kier alpha value is -1.06. The van der Waals surface area contributed by atoms with Gasteiger partial charge in [0, 0.05) is 18.3 Å². The Kier molecular flexibility index (Phi) is 5.45. The minimum atomic E-state index is -0.00824. The van der Waals surface area contributed by atoms with Crippen LogP contribution in [-0.4, -0.2) is 30.3 Å². The van der Waals surface area contributed by atoms with Crippen LogP contribution in [0.25, 0.3) is 0 Å². The largest absolute Gasteiger partial charge is 0.394 e. The molecule has 1 aromatic carbocycles. The van der Waals surface area contributed by atoms with E-state index in [2.05, 4.69) is 37.8 Å². The standard InChI is InChI=1S/C14H24N2O/c1-4-12(15)14(10-17)16(5-2)13-9-7-6-8-11(13)3/h6-9,12,14,17H,4-5,10,15H2,1-3H3. The molecule has 1 aromatic rings. The lowest BCUT2D eigenvalue weighted by molar-refractivity contribution is 0.240. The van der Waals surface area contributed by atoms with Crippen molar-refractivity contribution in [1.82, 2.24) is 0 Å². The van der Waals surface area contributed by atoms with Crippen molar-refractivity contribution in [3.8, 4) is 0 Å². The average molecular weight is 236 g/mol. The fourth-order valence-corrected chi connectivity index (χ4v) is 2.21. The molecule has 3 heteroatoms. The third-order valence-corrected chi connectivity index (χ3v) is 3.32. The lowest BCUT2D eigenvalue weighted by Gasteiger charge is -2.36. The molecule has 0 saturated carbocycles. The van der Waals surface area contributed by atoms with Gasteiger partial charge in [-0.1, -0.05) is 25.1 Å². The Labute approximate surface area is 104 Å². The van der Waals surface area contributed by atoms with Gasteiger partial charge in [-0.2, -0.15) is 0 Å². The summed E-state index contributed by atoms with van der Waals surface area (Å²) in [6, 6.07) is 8.22. The summed E-state index contributed by atoms with van der Waals surface area (Å²) in [4.78, 5) is 2.20. The number of nitrogens with two attached hydrogens (primary N) is 1. The van der Waals surface area contributed by atoms with E-state index in [9.17, 15) is 5.11 Å². The van der Waals surface area contributed by atoms with Gasteiger partial charge < -0.3 is 15.7 Å². The van der Waals surface area contributed by atoms with Crippen LogP contribution in [0.15, 0.2) is 24.3 Å². The number of rotatable bonds is 6. The van der Waals surface area contributed by atoms with Crippen molar-refractivity contribution < 1.29 is 5.11 Å². The Bertz CT molecular complexity index is 341. The van der Waals surface area contributed by atoms with E-state index >= 15 is 0 Å². The predicted molar refractivity (Wildman–Crippen MR) is 73.3 cm³/mol. The lowest BCUT2D eigenvalue weighted by Crippen LogP contribution is -2.50. The van der Waals surface area contributed by atoms with Crippen molar-refractivity contribution in [2.45, 2.75) is 39.3 Å². The second-order valence-electron chi connectivity index (χ2n) is 4.39. The molecule has 0 amide bonds. The molecule has 0 bridgehead atoms. The number of benzene rings is 1. The molecular weight excluding hydrogens is 212 g/mol. The van der Waals surface area contributed by atoms with Gasteiger partial charge in [0.15, 0.2) is 0 Å². The highest BCUT2D eigenvalue weighted by atomic mass is 16.3. The number of likely N-dealkylation sites (N-methyl/N-ethyl adjacent to an activating group) is 1. The van der Waals surface area contributed by atoms with Crippen LogP contribution in [0.2, 0.25) is 0 Å². The van der Waals surface area contributed by atoms with Crippen molar-refractivity contribution in [2.75, 3.05) is 18.1 Å². The first kappa shape index (κ1) is 14.0. The molecule has 0 aliphatic carbocycles. The van der Waals surface area contributed by atoms with E-state index in [1.165, 1.54) is 5.56 Å². The van der Waals surface area contributed by atoms with Crippen molar-refractivity contribution in [3.63, 3.8) is 0 Å². The number of aryl methyl sites for hydroxylation is 1. The molecule has 3 N–H and O–H groups in total. The van der Waals surface area contributed by atoms with Gasteiger partial charge in [-0.25, -0.2) is 0 Å². The molecule has 96 valence electrons. The maximum absolute atomic E-state index is 9.56. The third kappa shape index (κ3) is 3.20. The second kappa shape index (κ2) is 6.62. The van der Waals surface area contributed by atoms with Crippen molar-refractivity contribution >= 4 is 5.69 Å². The monoisotopic (exact) mass is 236 g/mol. The van der Waals surface area contributed by atoms with Gasteiger partial charge in [-0.3, -0.25) is 0 Å². The topological polar surface area (TPSA) is 49.5 Å². The molecule has 17 heavy (non-hydrogen) atoms. The number of nitrogens with zero attached hydrogens (tertiary/aromatic N) is 1. The summed E-state index contributed by atoms with van der Waals surface area (Å²) in [6.07, 6.45) is 0.869. The zero-order valence-corrected chi connectivity index (χ0v) is 11.1. The van der Waals surface area contributed by atoms with Crippen LogP contribution in [-0.2, 0) is 0 Å². The minimum absolute atomic E-state index is 0.000411. The quantitative estimate of drug-likeness (QED) is 0.793. The van der Waals surface area contributed by atoms with Crippen LogP contribution in [0.4, 0.5) is 5.69 Å². The molecule has 2 atom stereocenters. The third-order valence-electron chi connectivity index (χ3n) is 3.32. The first-order valence-corrected chi connectivity index (χ1v) is 6.34. The Morgan fingerprint density at radius 1 is 1.29 bits per heavy atom. The molecule has 0 heterocycles. The number of aliphatic hydroxyl groups excluding tert-OH is 1. The fourth-order valence-electron chi connectivity index (χ4n) is 2.21. The van der Waals surface area contributed by atoms with E-state index in [1.54, 1.807) is 0 Å². The van der Waals surface area contributed by atoms with E-state index in [1.807, 2.05) is 12.1 Å². The summed E-state index contributed by atoms with van der Waals surface area (Å²) in [5, 5.41) is 9.56. The van der Waals surface area contributed by atoms with E-state index in [0.717, 1.165) is 18.7 Å². The maximum Gasteiger partial charge on any atom is 0.0671 e. The van der Waals surface area contributed by atoms with Crippen LogP contribution in [0.3, 0.4) is 0 Å². The van der Waals surface area contributed by atoms with Crippen molar-refractivity contribution in [3.05, 3.63) is 29.8 Å². The average Bonchev–Trinajstić information content (AvgIpc) is 2.36. The molecule has 3 nitrogen and oxygen atoms in total. The molecule has 2 unspecified atom stereocenters. The zero-order chi connectivity index (χ0) is 12.8. The molecule has 0 saturated heterocycles. The number of hydrogen-bond acceptors (Lipinski definition) is 3. The molecule has 0 aliphatic heterocycles. The molecule has 0 radical (unpaired) electrons. The van der Waals surface area contributed by atoms with Gasteiger partial charge in [0.05, 0.1) is 12.6 Å². The highest BCUT2D eigenvalue weighted by molar-refractivity contribution is 5.54. The molecule has 0 aliphatic rings. The van der Waals surface area contributed by atoms with Crippen LogP contribution in [0, 0.1) is 6.92 Å². The summed E-state index contributed by atoms with van der Waals surface area (Å²) in [6.45, 7) is 7.18. The summed E-state index contributed by atoms with van der Waals surface area (Å²) in [5.41, 5.74) is 8.47. The minimum Gasteiger partial charge on any atom is -0.394 e. The molecule has 0 fully saturated rings. The maximum atomic E-state index is 9.56. The SMILES string of the molecule is CCC(N)C(CO)N(CC)c1ccccc1C. The van der Waals surface area contributed by atoms with E-state index in [0.29, 0.717) is 0 Å². The number of hydrogen-bond donors (Lipinski definition) is 2. The summed E-state index contributed by atoms with van der Waals surface area (Å²) in [5.74, 6) is 0. The van der Waals surface area contributed by atoms with E-state index in [-0.39, 0.29) is 18.7 Å². The summed E-state index contributed by atoms with van der Waals surface area (Å²) in [7, 11) is 0. The normalized spacial score (nSPS) is 14.4. The Morgan fingerprint density at radius 2 is 1.94 bits per heavy atom. The highest BCUT2D eigenvalue weighted by Crippen LogP contribution is 2.22. The first-order valence-electron chi connectivity index (χ1n) is 6.34. The van der Waals surface area contributed by atoms with Crippen LogP contribution >= 0.6 is 0 Å². The van der Waals surface area contributed by atoms with Gasteiger partial charge in [0.2, 0.25) is 0 Å². The molecular formula is C14H24N2O. The molecule has 0 spiro atoms. The molecule has 0 aromatic heterocycles. The number of para-hydroxylation sites is 1. The molecule has 1 rings (SSSR count). The van der Waals surface area contributed by atoms with E-state index in [4.69, 9.17) is 5.73 Å². The number of aliphatic hydroxyl groups is 1. The van der Waals surface area contributed by atoms with Crippen LogP contribution in [0.1, 0.15) is 25.8 Å². The van der Waals surface area contributed by atoms with E-state index < -0.39 is 0 Å². The fraction of sp³-hybridized carbons (Fsp3) is 0.571. The Morgan fingerprint density at radius 3 is 2.41 bits per heavy atom. The number of anilines is 1. The lowest BCUT2D eigenvalue weighted by atomic mass is 10.0. The second-order valence-corrected chi connectivity index (χ2v) is 4.39. The summed E-state index contributed by atoms with van der Waals surface area (Å²) >= 11 is 0. The summed E-state index contributed by atoms with van der Waals surface area (Å²) < 4.78 is 0. The van der Waals surface area contributed by atoms with Gasteiger partial charge in [0.25, 0.3) is 0 Å². The van der Waals surface area contributed by atoms with Gasteiger partial charge >= 0.3 is 0 Å². The van der Waals surface area contributed by atoms with Crippen molar-refractivity contribution in [1.29, 1.82) is 0 Å². The van der Waals surface area contributed by atoms with Crippen molar-refractivity contribution in [2.24, 2.45) is 5.73 Å². The van der Waals surface area contributed by atoms with Gasteiger partial charge in [0.1, 0.15) is 0 Å². The smallest absolute Gasteiger partial charge is 0.0671 e.